The summed E-state index contributed by atoms with van der Waals surface area (Å²) >= 11 is 7.03. The maximum Gasteiger partial charge on any atom is 0.264 e. The number of carbonyl (C=O) groups is 3. The average molecular weight is 716 g/mol. The van der Waals surface area contributed by atoms with Crippen LogP contribution in [0.3, 0.4) is 0 Å². The van der Waals surface area contributed by atoms with Crippen LogP contribution in [0.2, 0.25) is 0 Å². The van der Waals surface area contributed by atoms with Crippen LogP contribution in [-0.2, 0) is 14.4 Å². The average Bonchev–Trinajstić information content (AvgIpc) is 3.69. The molecule has 1 saturated carbocycles. The molecule has 2 fully saturated rings. The summed E-state index contributed by atoms with van der Waals surface area (Å²) in [5.74, 6) is -1.16. The fraction of sp³-hybridized carbons (Fsp3) is 0.273. The lowest BCUT2D eigenvalue weighted by molar-refractivity contribution is -0.136. The molecule has 4 aliphatic rings. The summed E-state index contributed by atoms with van der Waals surface area (Å²) < 4.78 is 1.96. The van der Waals surface area contributed by atoms with E-state index in [1.807, 2.05) is 55.5 Å². The van der Waals surface area contributed by atoms with Gasteiger partial charge in [-0.3, -0.25) is 19.4 Å². The zero-order chi connectivity index (χ0) is 30.5. The first-order chi connectivity index (χ1) is 21.3. The topological polar surface area (TPSA) is 98.0 Å². The van der Waals surface area contributed by atoms with Crippen molar-refractivity contribution in [2.24, 2.45) is 21.4 Å². The summed E-state index contributed by atoms with van der Waals surface area (Å²) in [5, 5.41) is 16.1. The maximum absolute atomic E-state index is 14.1. The standard InChI is InChI=1S/C33H28Br2N6O3/c1-19-5-15-25(16-6-19)40-32(43)29-31(33(40)44)39(38-36-29)18-27(42)41-30(21-9-13-24(35)14-10-21)26-4-2-3-22(28(26)37-41)17-20-7-11-23(34)12-8-20/h5-17,26,29-31H,2-4,18H2,1H3/b22-17+/t26-,29-,30-,31-/m1/s1. The Morgan fingerprint density at radius 2 is 1.59 bits per heavy atom. The lowest BCUT2D eigenvalue weighted by Gasteiger charge is -2.30. The number of nitrogens with zero attached hydrogens (tertiary/aromatic N) is 6. The Labute approximate surface area is 271 Å². The van der Waals surface area contributed by atoms with E-state index in [9.17, 15) is 14.4 Å². The monoisotopic (exact) mass is 714 g/mol. The highest BCUT2D eigenvalue weighted by Crippen LogP contribution is 2.45. The second-order valence-corrected chi connectivity index (χ2v) is 13.3. The lowest BCUT2D eigenvalue weighted by atomic mass is 9.77. The lowest BCUT2D eigenvalue weighted by Crippen LogP contribution is -2.45. The molecule has 3 aliphatic heterocycles. The Kier molecular flexibility index (Phi) is 7.54. The van der Waals surface area contributed by atoms with Gasteiger partial charge in [-0.1, -0.05) is 79.0 Å². The minimum absolute atomic E-state index is 0.0234. The van der Waals surface area contributed by atoms with E-state index in [4.69, 9.17) is 5.10 Å². The molecule has 3 amide bonds. The summed E-state index contributed by atoms with van der Waals surface area (Å²) in [4.78, 5) is 42.0. The van der Waals surface area contributed by atoms with Gasteiger partial charge in [-0.2, -0.15) is 10.2 Å². The van der Waals surface area contributed by atoms with E-state index < -0.39 is 23.9 Å². The highest BCUT2D eigenvalue weighted by molar-refractivity contribution is 9.10. The number of fused-ring (bicyclic) bond motifs is 2. The van der Waals surface area contributed by atoms with Crippen molar-refractivity contribution in [2.75, 3.05) is 11.4 Å². The maximum atomic E-state index is 14.1. The number of benzene rings is 3. The molecule has 3 aromatic rings. The molecule has 0 spiro atoms. The van der Waals surface area contributed by atoms with Gasteiger partial charge in [0.05, 0.1) is 17.4 Å². The first kappa shape index (κ1) is 28.8. The molecule has 0 bridgehead atoms. The third-order valence-electron chi connectivity index (χ3n) is 8.63. The van der Waals surface area contributed by atoms with Gasteiger partial charge in [-0.15, -0.1) is 0 Å². The van der Waals surface area contributed by atoms with Crippen LogP contribution in [0.5, 0.6) is 0 Å². The predicted molar refractivity (Wildman–Crippen MR) is 173 cm³/mol. The van der Waals surface area contributed by atoms with Crippen LogP contribution in [0.4, 0.5) is 5.69 Å². The molecule has 11 heteroatoms. The van der Waals surface area contributed by atoms with E-state index in [2.05, 4.69) is 60.4 Å². The van der Waals surface area contributed by atoms with Crippen LogP contribution < -0.4 is 4.90 Å². The second kappa shape index (κ2) is 11.5. The molecule has 0 N–H and O–H groups in total. The molecule has 0 unspecified atom stereocenters. The van der Waals surface area contributed by atoms with Gasteiger partial charge in [0.25, 0.3) is 17.7 Å². The van der Waals surface area contributed by atoms with Crippen molar-refractivity contribution >= 4 is 67.1 Å². The Hall–Kier alpha value is -3.96. The van der Waals surface area contributed by atoms with E-state index in [1.165, 1.54) is 5.01 Å². The van der Waals surface area contributed by atoms with Gasteiger partial charge in [-0.25, -0.2) is 9.91 Å². The normalized spacial score (nSPS) is 25.1. The summed E-state index contributed by atoms with van der Waals surface area (Å²) in [7, 11) is 0. The fourth-order valence-electron chi connectivity index (χ4n) is 6.47. The van der Waals surface area contributed by atoms with Gasteiger partial charge in [0.15, 0.2) is 12.1 Å². The van der Waals surface area contributed by atoms with Crippen molar-refractivity contribution in [3.05, 3.63) is 104 Å². The third kappa shape index (κ3) is 5.11. The Morgan fingerprint density at radius 3 is 2.30 bits per heavy atom. The number of allylic oxidation sites excluding steroid dienone is 1. The van der Waals surface area contributed by atoms with Gasteiger partial charge < -0.3 is 0 Å². The van der Waals surface area contributed by atoms with Gasteiger partial charge >= 0.3 is 0 Å². The fourth-order valence-corrected chi connectivity index (χ4v) is 7.00. The number of imide groups is 1. The zero-order valence-corrected chi connectivity index (χ0v) is 27.0. The molecular formula is C33H28Br2N6O3. The number of halogens is 2. The highest BCUT2D eigenvalue weighted by atomic mass is 79.9. The molecule has 7 rings (SSSR count). The molecule has 9 nitrogen and oxygen atoms in total. The van der Waals surface area contributed by atoms with Crippen molar-refractivity contribution in [3.8, 4) is 0 Å². The molecule has 222 valence electrons. The Morgan fingerprint density at radius 1 is 0.909 bits per heavy atom. The first-order valence-electron chi connectivity index (χ1n) is 14.5. The largest absolute Gasteiger partial charge is 0.271 e. The zero-order valence-electron chi connectivity index (χ0n) is 23.8. The van der Waals surface area contributed by atoms with Crippen LogP contribution in [0.1, 0.15) is 42.0 Å². The van der Waals surface area contributed by atoms with Crippen LogP contribution in [0, 0.1) is 12.8 Å². The van der Waals surface area contributed by atoms with E-state index in [1.54, 1.807) is 17.1 Å². The number of carbonyl (C=O) groups excluding carboxylic acids is 3. The van der Waals surface area contributed by atoms with E-state index >= 15 is 0 Å². The van der Waals surface area contributed by atoms with Gasteiger partial charge in [0, 0.05) is 14.9 Å². The van der Waals surface area contributed by atoms with Crippen molar-refractivity contribution in [1.82, 2.24) is 10.0 Å². The van der Waals surface area contributed by atoms with Gasteiger partial charge in [0.2, 0.25) is 0 Å². The van der Waals surface area contributed by atoms with Crippen LogP contribution in [-0.4, -0.2) is 52.1 Å². The minimum atomic E-state index is -0.980. The van der Waals surface area contributed by atoms with Crippen LogP contribution >= 0.6 is 31.9 Å². The smallest absolute Gasteiger partial charge is 0.264 e. The number of hydrogen-bond acceptors (Lipinski definition) is 7. The van der Waals surface area contributed by atoms with Gasteiger partial charge in [-0.05, 0) is 85.4 Å². The number of hydrogen-bond donors (Lipinski definition) is 0. The third-order valence-corrected chi connectivity index (χ3v) is 9.68. The van der Waals surface area contributed by atoms with Crippen molar-refractivity contribution in [1.29, 1.82) is 0 Å². The highest BCUT2D eigenvalue weighted by Gasteiger charge is 2.55. The summed E-state index contributed by atoms with van der Waals surface area (Å²) in [6.45, 7) is 1.71. The molecule has 0 radical (unpaired) electrons. The van der Waals surface area contributed by atoms with Gasteiger partial charge in [0.1, 0.15) is 6.54 Å². The number of rotatable bonds is 5. The Balaban J connectivity index is 1.18. The van der Waals surface area contributed by atoms with Crippen molar-refractivity contribution in [2.45, 2.75) is 44.3 Å². The molecule has 0 aromatic heterocycles. The number of anilines is 1. The summed E-state index contributed by atoms with van der Waals surface area (Å²) in [5.41, 5.74) is 5.59. The SMILES string of the molecule is Cc1ccc(N2C(=O)[C@@H]3N=NN(CC(=O)N4N=C5/C(=C/c6ccc(Br)cc6)CCC[C@H]5[C@H]4c4ccc(Br)cc4)[C@H]3C2=O)cc1. The molecular weight excluding hydrogens is 688 g/mol. The number of hydrazone groups is 1. The summed E-state index contributed by atoms with van der Waals surface area (Å²) in [6, 6.07) is 21.0. The Bertz CT molecular complexity index is 1740. The molecule has 44 heavy (non-hydrogen) atoms. The van der Waals surface area contributed by atoms with Crippen molar-refractivity contribution in [3.63, 3.8) is 0 Å². The quantitative estimate of drug-likeness (QED) is 0.277. The van der Waals surface area contributed by atoms with E-state index in [-0.39, 0.29) is 24.4 Å². The summed E-state index contributed by atoms with van der Waals surface area (Å²) in [6.07, 6.45) is 4.91. The second-order valence-electron chi connectivity index (χ2n) is 11.5. The number of aryl methyl sites for hydroxylation is 1. The van der Waals surface area contributed by atoms with Crippen LogP contribution in [0.25, 0.3) is 6.08 Å². The molecule has 1 saturated heterocycles. The minimum Gasteiger partial charge on any atom is -0.271 e. The van der Waals surface area contributed by atoms with E-state index in [0.717, 1.165) is 61.1 Å². The van der Waals surface area contributed by atoms with Crippen molar-refractivity contribution < 1.29 is 14.4 Å². The predicted octanol–water partition coefficient (Wildman–Crippen LogP) is 6.64. The van der Waals surface area contributed by atoms with E-state index in [0.29, 0.717) is 5.69 Å². The molecule has 4 atom stereocenters. The number of amides is 3. The molecule has 3 heterocycles. The molecule has 3 aromatic carbocycles. The molecule has 1 aliphatic carbocycles. The first-order valence-corrected chi connectivity index (χ1v) is 16.1. The van der Waals surface area contributed by atoms with Crippen LogP contribution in [0.15, 0.2) is 103 Å².